The topological polar surface area (TPSA) is 54.2 Å². The molecule has 2 fully saturated rings. The summed E-state index contributed by atoms with van der Waals surface area (Å²) in [6, 6.07) is 4.67. The average molecular weight is 290 g/mol. The lowest BCUT2D eigenvalue weighted by molar-refractivity contribution is 0.104. The minimum Gasteiger partial charge on any atom is -0.338 e. The smallest absolute Gasteiger partial charge is 0.241 e. The number of nitrogens with zero attached hydrogens (tertiary/aromatic N) is 3. The van der Waals surface area contributed by atoms with Crippen molar-refractivity contribution in [2.24, 2.45) is 5.92 Å². The summed E-state index contributed by atoms with van der Waals surface area (Å²) in [6.07, 6.45) is 2.62. The zero-order valence-corrected chi connectivity index (χ0v) is 12.1. The molecule has 106 valence electrons. The summed E-state index contributed by atoms with van der Waals surface area (Å²) in [5.74, 6) is 2.25. The predicted molar refractivity (Wildman–Crippen MR) is 77.4 cm³/mol. The van der Waals surface area contributed by atoms with Crippen LogP contribution in [-0.4, -0.2) is 40.7 Å². The second-order valence-corrected chi connectivity index (χ2v) is 6.54. The molecular weight excluding hydrogens is 272 g/mol. The molecule has 2 unspecified atom stereocenters. The first-order valence-electron chi connectivity index (χ1n) is 7.21. The highest BCUT2D eigenvalue weighted by Gasteiger charge is 2.35. The number of likely N-dealkylation sites (tertiary alicyclic amines) is 1. The zero-order chi connectivity index (χ0) is 13.4. The Labute approximate surface area is 122 Å². The van der Waals surface area contributed by atoms with E-state index in [0.717, 1.165) is 42.9 Å². The fourth-order valence-electron chi connectivity index (χ4n) is 3.36. The van der Waals surface area contributed by atoms with Gasteiger partial charge in [-0.05, 0) is 43.3 Å². The third kappa shape index (κ3) is 2.28. The number of hydrogen-bond donors (Lipinski definition) is 1. The number of hydrogen-bond acceptors (Lipinski definition) is 6. The second-order valence-electron chi connectivity index (χ2n) is 5.59. The number of piperidine rings is 1. The Balaban J connectivity index is 1.48. The first-order chi connectivity index (χ1) is 9.90. The standard InChI is InChI=1S/C14H18N4OS/c1-3-10-7-15-8-11(10)18(5-1)9-13-16-14(17-19-13)12-4-2-6-20-12/h2,4,6,10-11,15H,1,3,5,7-9H2. The second kappa shape index (κ2) is 5.27. The van der Waals surface area contributed by atoms with Gasteiger partial charge in [-0.1, -0.05) is 11.2 Å². The minimum atomic E-state index is 0.640. The molecular formula is C14H18N4OS. The van der Waals surface area contributed by atoms with E-state index in [2.05, 4.69) is 20.4 Å². The average Bonchev–Trinajstić information content (AvgIpc) is 3.20. The molecule has 0 bridgehead atoms. The normalized spacial score (nSPS) is 26.8. The first kappa shape index (κ1) is 12.5. The van der Waals surface area contributed by atoms with Gasteiger partial charge in [0.15, 0.2) is 0 Å². The predicted octanol–water partition coefficient (Wildman–Crippen LogP) is 1.98. The van der Waals surface area contributed by atoms with Crippen molar-refractivity contribution in [2.45, 2.75) is 25.4 Å². The molecule has 6 heteroatoms. The monoisotopic (exact) mass is 290 g/mol. The third-order valence-corrected chi connectivity index (χ3v) is 5.21. The van der Waals surface area contributed by atoms with Crippen molar-refractivity contribution in [3.8, 4) is 10.7 Å². The maximum absolute atomic E-state index is 5.42. The van der Waals surface area contributed by atoms with Gasteiger partial charge in [0.1, 0.15) is 0 Å². The maximum Gasteiger partial charge on any atom is 0.241 e. The number of fused-ring (bicyclic) bond motifs is 1. The lowest BCUT2D eigenvalue weighted by Gasteiger charge is -2.35. The summed E-state index contributed by atoms with van der Waals surface area (Å²) in [5.41, 5.74) is 0. The lowest BCUT2D eigenvalue weighted by Crippen LogP contribution is -2.44. The van der Waals surface area contributed by atoms with Crippen LogP contribution in [0.25, 0.3) is 10.7 Å². The fraction of sp³-hybridized carbons (Fsp3) is 0.571. The van der Waals surface area contributed by atoms with E-state index < -0.39 is 0 Å². The molecule has 0 spiro atoms. The van der Waals surface area contributed by atoms with E-state index >= 15 is 0 Å². The Kier molecular flexibility index (Phi) is 3.29. The molecule has 2 saturated heterocycles. The van der Waals surface area contributed by atoms with E-state index in [1.165, 1.54) is 12.8 Å². The van der Waals surface area contributed by atoms with Crippen molar-refractivity contribution in [3.63, 3.8) is 0 Å². The lowest BCUT2D eigenvalue weighted by atomic mass is 9.92. The molecule has 4 rings (SSSR count). The fourth-order valence-corrected chi connectivity index (χ4v) is 4.01. The summed E-state index contributed by atoms with van der Waals surface area (Å²) >= 11 is 1.64. The van der Waals surface area contributed by atoms with Gasteiger partial charge in [0, 0.05) is 12.6 Å². The highest BCUT2D eigenvalue weighted by atomic mass is 32.1. The summed E-state index contributed by atoms with van der Waals surface area (Å²) in [6.45, 7) is 4.17. The van der Waals surface area contributed by atoms with Crippen LogP contribution in [0.15, 0.2) is 22.0 Å². The molecule has 0 aliphatic carbocycles. The van der Waals surface area contributed by atoms with Crippen LogP contribution >= 0.6 is 11.3 Å². The van der Waals surface area contributed by atoms with Gasteiger partial charge in [-0.25, -0.2) is 0 Å². The van der Waals surface area contributed by atoms with Gasteiger partial charge in [-0.15, -0.1) is 11.3 Å². The van der Waals surface area contributed by atoms with Crippen LogP contribution < -0.4 is 5.32 Å². The minimum absolute atomic E-state index is 0.640. The van der Waals surface area contributed by atoms with Crippen LogP contribution in [-0.2, 0) is 6.54 Å². The SMILES string of the molecule is c1csc(-c2noc(CN3CCCC4CNCC43)n2)c1. The highest BCUT2D eigenvalue weighted by molar-refractivity contribution is 7.13. The molecule has 20 heavy (non-hydrogen) atoms. The molecule has 1 N–H and O–H groups in total. The van der Waals surface area contributed by atoms with Gasteiger partial charge >= 0.3 is 0 Å². The van der Waals surface area contributed by atoms with Crippen molar-refractivity contribution >= 4 is 11.3 Å². The molecule has 5 nitrogen and oxygen atoms in total. The maximum atomic E-state index is 5.42. The van der Waals surface area contributed by atoms with Crippen LogP contribution in [0, 0.1) is 5.92 Å². The summed E-state index contributed by atoms with van der Waals surface area (Å²) < 4.78 is 5.42. The van der Waals surface area contributed by atoms with Crippen molar-refractivity contribution in [3.05, 3.63) is 23.4 Å². The van der Waals surface area contributed by atoms with E-state index in [4.69, 9.17) is 4.52 Å². The van der Waals surface area contributed by atoms with Crippen LogP contribution in [0.4, 0.5) is 0 Å². The number of aromatic nitrogens is 2. The van der Waals surface area contributed by atoms with Crippen molar-refractivity contribution < 1.29 is 4.52 Å². The van der Waals surface area contributed by atoms with Crippen LogP contribution in [0.1, 0.15) is 18.7 Å². The largest absolute Gasteiger partial charge is 0.338 e. The van der Waals surface area contributed by atoms with E-state index in [-0.39, 0.29) is 0 Å². The first-order valence-corrected chi connectivity index (χ1v) is 8.09. The Morgan fingerprint density at radius 2 is 2.45 bits per heavy atom. The van der Waals surface area contributed by atoms with E-state index in [1.807, 2.05) is 17.5 Å². The van der Waals surface area contributed by atoms with Crippen LogP contribution in [0.2, 0.25) is 0 Å². The number of nitrogens with one attached hydrogen (secondary N) is 1. The molecule has 2 aromatic heterocycles. The van der Waals surface area contributed by atoms with E-state index in [1.54, 1.807) is 11.3 Å². The van der Waals surface area contributed by atoms with E-state index in [0.29, 0.717) is 11.9 Å². The van der Waals surface area contributed by atoms with Crippen LogP contribution in [0.5, 0.6) is 0 Å². The molecule has 2 aliphatic rings. The zero-order valence-electron chi connectivity index (χ0n) is 11.3. The molecule has 0 aromatic carbocycles. The summed E-state index contributed by atoms with van der Waals surface area (Å²) in [4.78, 5) is 8.10. The Morgan fingerprint density at radius 3 is 3.35 bits per heavy atom. The molecule has 0 amide bonds. The molecule has 2 atom stereocenters. The Morgan fingerprint density at radius 1 is 1.45 bits per heavy atom. The van der Waals surface area contributed by atoms with Crippen molar-refractivity contribution in [1.82, 2.24) is 20.4 Å². The van der Waals surface area contributed by atoms with Gasteiger partial charge < -0.3 is 9.84 Å². The van der Waals surface area contributed by atoms with Crippen molar-refractivity contribution in [2.75, 3.05) is 19.6 Å². The van der Waals surface area contributed by atoms with Gasteiger partial charge in [0.05, 0.1) is 11.4 Å². The van der Waals surface area contributed by atoms with E-state index in [9.17, 15) is 0 Å². The summed E-state index contributed by atoms with van der Waals surface area (Å²) in [7, 11) is 0. The molecule has 0 saturated carbocycles. The van der Waals surface area contributed by atoms with Gasteiger partial charge in [-0.3, -0.25) is 4.90 Å². The number of thiophene rings is 1. The summed E-state index contributed by atoms with van der Waals surface area (Å²) in [5, 5.41) is 9.63. The third-order valence-electron chi connectivity index (χ3n) is 4.34. The number of rotatable bonds is 3. The molecule has 4 heterocycles. The van der Waals surface area contributed by atoms with Crippen molar-refractivity contribution in [1.29, 1.82) is 0 Å². The highest BCUT2D eigenvalue weighted by Crippen LogP contribution is 2.28. The van der Waals surface area contributed by atoms with Gasteiger partial charge in [0.2, 0.25) is 11.7 Å². The Hall–Kier alpha value is -1.24. The molecule has 0 radical (unpaired) electrons. The quantitative estimate of drug-likeness (QED) is 0.937. The Bertz CT molecular complexity index is 568. The van der Waals surface area contributed by atoms with Crippen LogP contribution in [0.3, 0.4) is 0 Å². The van der Waals surface area contributed by atoms with Gasteiger partial charge in [0.25, 0.3) is 0 Å². The molecule has 2 aliphatic heterocycles. The molecule has 2 aromatic rings. The van der Waals surface area contributed by atoms with Gasteiger partial charge in [-0.2, -0.15) is 4.98 Å².